The summed E-state index contributed by atoms with van der Waals surface area (Å²) in [7, 11) is 0. The fourth-order valence-corrected chi connectivity index (χ4v) is 1.74. The van der Waals surface area contributed by atoms with Gasteiger partial charge in [-0.15, -0.1) is 10.2 Å². The molecule has 0 N–H and O–H groups in total. The SMILES string of the molecule is Clc1ccc(SCc2ccco2)nn1. The van der Waals surface area contributed by atoms with Crippen LogP contribution in [-0.2, 0) is 5.75 Å². The van der Waals surface area contributed by atoms with Crippen molar-refractivity contribution in [1.82, 2.24) is 10.2 Å². The van der Waals surface area contributed by atoms with E-state index in [1.54, 1.807) is 24.1 Å². The lowest BCUT2D eigenvalue weighted by atomic mass is 10.5. The first-order valence-corrected chi connectivity index (χ1v) is 5.35. The van der Waals surface area contributed by atoms with Crippen LogP contribution in [0.1, 0.15) is 5.76 Å². The molecule has 0 bridgehead atoms. The quantitative estimate of drug-likeness (QED) is 0.755. The molecule has 2 aromatic heterocycles. The first-order valence-electron chi connectivity index (χ1n) is 3.99. The standard InChI is InChI=1S/C9H7ClN2OS/c10-8-3-4-9(12-11-8)14-6-7-2-1-5-13-7/h1-5H,6H2. The molecule has 0 atom stereocenters. The molecule has 0 aromatic carbocycles. The Kier molecular flexibility index (Phi) is 3.06. The maximum Gasteiger partial charge on any atom is 0.151 e. The fourth-order valence-electron chi connectivity index (χ4n) is 0.921. The maximum absolute atomic E-state index is 5.61. The first kappa shape index (κ1) is 9.55. The Bertz CT molecular complexity index is 388. The third-order valence-electron chi connectivity index (χ3n) is 1.55. The Labute approximate surface area is 90.5 Å². The Balaban J connectivity index is 1.95. The molecule has 0 aliphatic carbocycles. The van der Waals surface area contributed by atoms with Crippen LogP contribution >= 0.6 is 23.4 Å². The van der Waals surface area contributed by atoms with Crippen molar-refractivity contribution < 1.29 is 4.42 Å². The average Bonchev–Trinajstić information content (AvgIpc) is 2.70. The molecule has 0 spiro atoms. The van der Waals surface area contributed by atoms with Crippen LogP contribution in [-0.4, -0.2) is 10.2 Å². The molecule has 0 radical (unpaired) electrons. The first-order chi connectivity index (χ1) is 6.84. The number of nitrogens with zero attached hydrogens (tertiary/aromatic N) is 2. The highest BCUT2D eigenvalue weighted by Gasteiger charge is 2.00. The van der Waals surface area contributed by atoms with E-state index in [0.717, 1.165) is 16.5 Å². The highest BCUT2D eigenvalue weighted by Crippen LogP contribution is 2.20. The molecule has 0 aliphatic heterocycles. The van der Waals surface area contributed by atoms with Gasteiger partial charge in [0.2, 0.25) is 0 Å². The van der Waals surface area contributed by atoms with E-state index in [4.69, 9.17) is 16.0 Å². The lowest BCUT2D eigenvalue weighted by Crippen LogP contribution is -1.85. The number of aromatic nitrogens is 2. The molecular weight excluding hydrogens is 220 g/mol. The van der Waals surface area contributed by atoms with E-state index in [0.29, 0.717) is 5.15 Å². The minimum Gasteiger partial charge on any atom is -0.468 e. The normalized spacial score (nSPS) is 10.4. The topological polar surface area (TPSA) is 38.9 Å². The lowest BCUT2D eigenvalue weighted by molar-refractivity contribution is 0.530. The van der Waals surface area contributed by atoms with E-state index in [2.05, 4.69) is 10.2 Å². The molecule has 0 saturated heterocycles. The van der Waals surface area contributed by atoms with Crippen LogP contribution in [0, 0.1) is 0 Å². The van der Waals surface area contributed by atoms with Crippen LogP contribution in [0.2, 0.25) is 5.15 Å². The summed E-state index contributed by atoms with van der Waals surface area (Å²) in [6.45, 7) is 0. The Morgan fingerprint density at radius 2 is 2.21 bits per heavy atom. The van der Waals surface area contributed by atoms with Gasteiger partial charge >= 0.3 is 0 Å². The summed E-state index contributed by atoms with van der Waals surface area (Å²) in [5.41, 5.74) is 0. The number of rotatable bonds is 3. The van der Waals surface area contributed by atoms with Crippen LogP contribution in [0.3, 0.4) is 0 Å². The molecule has 0 amide bonds. The minimum atomic E-state index is 0.410. The Hall–Kier alpha value is -1.00. The van der Waals surface area contributed by atoms with Gasteiger partial charge in [-0.3, -0.25) is 0 Å². The van der Waals surface area contributed by atoms with Crippen molar-refractivity contribution in [1.29, 1.82) is 0 Å². The number of thioether (sulfide) groups is 1. The monoisotopic (exact) mass is 226 g/mol. The second kappa shape index (κ2) is 4.48. The molecule has 72 valence electrons. The maximum atomic E-state index is 5.61. The lowest BCUT2D eigenvalue weighted by Gasteiger charge is -1.96. The summed E-state index contributed by atoms with van der Waals surface area (Å²) in [6.07, 6.45) is 1.66. The van der Waals surface area contributed by atoms with E-state index >= 15 is 0 Å². The van der Waals surface area contributed by atoms with Crippen LogP contribution in [0.5, 0.6) is 0 Å². The molecule has 2 rings (SSSR count). The smallest absolute Gasteiger partial charge is 0.151 e. The zero-order chi connectivity index (χ0) is 9.80. The van der Waals surface area contributed by atoms with Crippen LogP contribution < -0.4 is 0 Å². The van der Waals surface area contributed by atoms with E-state index in [1.165, 1.54) is 0 Å². The highest BCUT2D eigenvalue weighted by atomic mass is 35.5. The van der Waals surface area contributed by atoms with E-state index in [9.17, 15) is 0 Å². The average molecular weight is 227 g/mol. The van der Waals surface area contributed by atoms with Gasteiger partial charge in [-0.2, -0.15) is 0 Å². The number of hydrogen-bond acceptors (Lipinski definition) is 4. The summed E-state index contributed by atoms with van der Waals surface area (Å²) in [6, 6.07) is 7.35. The van der Waals surface area contributed by atoms with Gasteiger partial charge in [0.05, 0.1) is 12.0 Å². The van der Waals surface area contributed by atoms with E-state index in [1.807, 2.05) is 18.2 Å². The third-order valence-corrected chi connectivity index (χ3v) is 2.69. The summed E-state index contributed by atoms with van der Waals surface area (Å²) >= 11 is 7.17. The number of furan rings is 1. The molecule has 0 unspecified atom stereocenters. The molecule has 0 saturated carbocycles. The molecule has 3 nitrogen and oxygen atoms in total. The summed E-state index contributed by atoms with van der Waals surface area (Å²) < 4.78 is 5.18. The van der Waals surface area contributed by atoms with Gasteiger partial charge in [0, 0.05) is 0 Å². The molecule has 0 fully saturated rings. The van der Waals surface area contributed by atoms with Crippen molar-refractivity contribution in [2.24, 2.45) is 0 Å². The molecular formula is C9H7ClN2OS. The Morgan fingerprint density at radius 3 is 2.86 bits per heavy atom. The third kappa shape index (κ3) is 2.49. The van der Waals surface area contributed by atoms with Crippen molar-refractivity contribution in [3.63, 3.8) is 0 Å². The van der Waals surface area contributed by atoms with E-state index < -0.39 is 0 Å². The summed E-state index contributed by atoms with van der Waals surface area (Å²) in [5, 5.41) is 8.91. The predicted molar refractivity (Wildman–Crippen MR) is 55.3 cm³/mol. The van der Waals surface area contributed by atoms with Crippen molar-refractivity contribution in [3.05, 3.63) is 41.4 Å². The highest BCUT2D eigenvalue weighted by molar-refractivity contribution is 7.98. The van der Waals surface area contributed by atoms with Gasteiger partial charge in [0.25, 0.3) is 0 Å². The van der Waals surface area contributed by atoms with Gasteiger partial charge in [0.1, 0.15) is 10.8 Å². The van der Waals surface area contributed by atoms with Crippen molar-refractivity contribution in [2.75, 3.05) is 0 Å². The van der Waals surface area contributed by atoms with Gasteiger partial charge in [-0.05, 0) is 24.3 Å². The Morgan fingerprint density at radius 1 is 1.29 bits per heavy atom. The van der Waals surface area contributed by atoms with E-state index in [-0.39, 0.29) is 0 Å². The van der Waals surface area contributed by atoms with Gasteiger partial charge < -0.3 is 4.42 Å². The number of halogens is 1. The molecule has 2 heterocycles. The second-order valence-electron chi connectivity index (χ2n) is 2.56. The predicted octanol–water partition coefficient (Wildman–Crippen LogP) is 3.02. The largest absolute Gasteiger partial charge is 0.468 e. The zero-order valence-electron chi connectivity index (χ0n) is 7.18. The van der Waals surface area contributed by atoms with Crippen LogP contribution in [0.15, 0.2) is 40.0 Å². The van der Waals surface area contributed by atoms with Gasteiger partial charge in [-0.25, -0.2) is 0 Å². The van der Waals surface area contributed by atoms with Crippen molar-refractivity contribution in [3.8, 4) is 0 Å². The van der Waals surface area contributed by atoms with Crippen molar-refractivity contribution >= 4 is 23.4 Å². The van der Waals surface area contributed by atoms with Crippen molar-refractivity contribution in [2.45, 2.75) is 10.8 Å². The van der Waals surface area contributed by atoms with Gasteiger partial charge in [0.15, 0.2) is 5.15 Å². The fraction of sp³-hybridized carbons (Fsp3) is 0.111. The minimum absolute atomic E-state index is 0.410. The molecule has 14 heavy (non-hydrogen) atoms. The summed E-state index contributed by atoms with van der Waals surface area (Å²) in [4.78, 5) is 0. The number of hydrogen-bond donors (Lipinski definition) is 0. The van der Waals surface area contributed by atoms with Gasteiger partial charge in [-0.1, -0.05) is 23.4 Å². The molecule has 0 aliphatic rings. The molecule has 2 aromatic rings. The second-order valence-corrected chi connectivity index (χ2v) is 3.95. The van der Waals surface area contributed by atoms with Crippen LogP contribution in [0.25, 0.3) is 0 Å². The van der Waals surface area contributed by atoms with Crippen LogP contribution in [0.4, 0.5) is 0 Å². The summed E-state index contributed by atoms with van der Waals surface area (Å²) in [5.74, 6) is 1.68. The zero-order valence-corrected chi connectivity index (χ0v) is 8.76. The molecule has 5 heteroatoms.